The number of hydrogen-bond donors (Lipinski definition) is 0. The average Bonchev–Trinajstić information content (AvgIpc) is 2.48. The summed E-state index contributed by atoms with van der Waals surface area (Å²) in [5, 5.41) is 0. The van der Waals surface area contributed by atoms with Crippen LogP contribution in [0.15, 0.2) is 36.4 Å². The normalized spacial score (nSPS) is 10.8. The Balaban J connectivity index is 2.24. The lowest BCUT2D eigenvalue weighted by molar-refractivity contribution is 0.411. The fourth-order valence-corrected chi connectivity index (χ4v) is 2.07. The Labute approximate surface area is 120 Å². The summed E-state index contributed by atoms with van der Waals surface area (Å²) in [7, 11) is 3.38. The number of methoxy groups -OCH3 is 2. The molecule has 0 saturated heterocycles. The summed E-state index contributed by atoms with van der Waals surface area (Å²) in [5.41, 5.74) is 4.71. The van der Waals surface area contributed by atoms with Gasteiger partial charge in [0.1, 0.15) is 11.5 Å². The van der Waals surface area contributed by atoms with Gasteiger partial charge in [-0.25, -0.2) is 0 Å². The molecule has 20 heavy (non-hydrogen) atoms. The highest BCUT2D eigenvalue weighted by Crippen LogP contribution is 2.24. The van der Waals surface area contributed by atoms with E-state index in [9.17, 15) is 0 Å². The van der Waals surface area contributed by atoms with Crippen molar-refractivity contribution in [1.29, 1.82) is 0 Å². The van der Waals surface area contributed by atoms with Gasteiger partial charge in [-0.1, -0.05) is 30.4 Å². The molecule has 0 spiro atoms. The minimum Gasteiger partial charge on any atom is -0.497 e. The third-order valence-corrected chi connectivity index (χ3v) is 3.45. The van der Waals surface area contributed by atoms with Gasteiger partial charge in [-0.3, -0.25) is 0 Å². The van der Waals surface area contributed by atoms with Crippen molar-refractivity contribution in [3.05, 3.63) is 58.7 Å². The van der Waals surface area contributed by atoms with Crippen molar-refractivity contribution in [2.75, 3.05) is 14.2 Å². The molecule has 104 valence electrons. The van der Waals surface area contributed by atoms with Crippen LogP contribution >= 0.6 is 0 Å². The Morgan fingerprint density at radius 3 is 2.05 bits per heavy atom. The van der Waals surface area contributed by atoms with Gasteiger partial charge in [-0.2, -0.15) is 0 Å². The third-order valence-electron chi connectivity index (χ3n) is 3.45. The van der Waals surface area contributed by atoms with E-state index < -0.39 is 0 Å². The van der Waals surface area contributed by atoms with Crippen molar-refractivity contribution in [3.8, 4) is 11.5 Å². The van der Waals surface area contributed by atoms with Crippen LogP contribution in [-0.2, 0) is 0 Å². The second kappa shape index (κ2) is 6.29. The zero-order chi connectivity index (χ0) is 14.5. The fraction of sp³-hybridized carbons (Fsp3) is 0.222. The van der Waals surface area contributed by atoms with Gasteiger partial charge in [0.2, 0.25) is 0 Å². The maximum absolute atomic E-state index is 5.40. The van der Waals surface area contributed by atoms with Crippen LogP contribution in [0.25, 0.3) is 12.2 Å². The van der Waals surface area contributed by atoms with Crippen molar-refractivity contribution in [2.45, 2.75) is 13.8 Å². The lowest BCUT2D eigenvalue weighted by Crippen LogP contribution is -1.91. The predicted octanol–water partition coefficient (Wildman–Crippen LogP) is 4.49. The fourth-order valence-electron chi connectivity index (χ4n) is 2.07. The largest absolute Gasteiger partial charge is 0.497 e. The van der Waals surface area contributed by atoms with Gasteiger partial charge >= 0.3 is 0 Å². The molecule has 0 heterocycles. The molecule has 2 nitrogen and oxygen atoms in total. The van der Waals surface area contributed by atoms with Crippen molar-refractivity contribution in [2.24, 2.45) is 0 Å². The van der Waals surface area contributed by atoms with Gasteiger partial charge in [0.05, 0.1) is 14.2 Å². The quantitative estimate of drug-likeness (QED) is 0.761. The van der Waals surface area contributed by atoms with Crippen molar-refractivity contribution >= 4 is 12.2 Å². The first-order chi connectivity index (χ1) is 9.63. The first-order valence-electron chi connectivity index (χ1n) is 6.61. The van der Waals surface area contributed by atoms with Crippen molar-refractivity contribution in [3.63, 3.8) is 0 Å². The lowest BCUT2D eigenvalue weighted by atomic mass is 10.0. The summed E-state index contributed by atoms with van der Waals surface area (Å²) < 4.78 is 10.5. The van der Waals surface area contributed by atoms with Crippen LogP contribution in [0, 0.1) is 13.8 Å². The molecule has 0 aromatic heterocycles. The molecule has 0 aliphatic carbocycles. The Hall–Kier alpha value is -2.22. The van der Waals surface area contributed by atoms with E-state index in [0.717, 1.165) is 22.6 Å². The summed E-state index contributed by atoms with van der Waals surface area (Å²) in [6.07, 6.45) is 4.18. The van der Waals surface area contributed by atoms with Crippen molar-refractivity contribution < 1.29 is 9.47 Å². The number of aryl methyl sites for hydroxylation is 1. The van der Waals surface area contributed by atoms with E-state index in [1.807, 2.05) is 24.3 Å². The van der Waals surface area contributed by atoms with Gasteiger partial charge in [-0.15, -0.1) is 0 Å². The Morgan fingerprint density at radius 2 is 1.45 bits per heavy atom. The van der Waals surface area contributed by atoms with Crippen molar-refractivity contribution in [1.82, 2.24) is 0 Å². The van der Waals surface area contributed by atoms with E-state index in [1.165, 1.54) is 11.1 Å². The zero-order valence-corrected chi connectivity index (χ0v) is 12.4. The number of rotatable bonds is 4. The van der Waals surface area contributed by atoms with Crippen LogP contribution in [0.1, 0.15) is 22.3 Å². The molecule has 2 aromatic carbocycles. The minimum atomic E-state index is 0.870. The standard InChI is InChI=1S/C18H20O2/c1-13-11-16(12-18(20-4)14(13)2)6-5-15-7-9-17(19-3)10-8-15/h5-12H,1-4H3. The van der Waals surface area contributed by atoms with E-state index in [4.69, 9.17) is 9.47 Å². The van der Waals surface area contributed by atoms with E-state index in [0.29, 0.717) is 0 Å². The first-order valence-corrected chi connectivity index (χ1v) is 6.61. The van der Waals surface area contributed by atoms with Gasteiger partial charge in [0.25, 0.3) is 0 Å². The summed E-state index contributed by atoms with van der Waals surface area (Å²) in [6.45, 7) is 4.17. The third kappa shape index (κ3) is 3.21. The van der Waals surface area contributed by atoms with Gasteiger partial charge in [-0.05, 0) is 54.3 Å². The molecule has 0 amide bonds. The highest BCUT2D eigenvalue weighted by molar-refractivity contribution is 5.71. The highest BCUT2D eigenvalue weighted by atomic mass is 16.5. The summed E-state index contributed by atoms with van der Waals surface area (Å²) in [5.74, 6) is 1.80. The van der Waals surface area contributed by atoms with Crippen LogP contribution in [0.5, 0.6) is 11.5 Å². The van der Waals surface area contributed by atoms with E-state index >= 15 is 0 Å². The topological polar surface area (TPSA) is 18.5 Å². The summed E-state index contributed by atoms with van der Waals surface area (Å²) in [4.78, 5) is 0. The predicted molar refractivity (Wildman–Crippen MR) is 84.4 cm³/mol. The molecule has 0 aliphatic rings. The molecule has 0 atom stereocenters. The number of hydrogen-bond acceptors (Lipinski definition) is 2. The SMILES string of the molecule is COc1ccc(C=Cc2cc(C)c(C)c(OC)c2)cc1. The lowest BCUT2D eigenvalue weighted by Gasteiger charge is -2.09. The van der Waals surface area contributed by atoms with Gasteiger partial charge in [0, 0.05) is 0 Å². The highest BCUT2D eigenvalue weighted by Gasteiger charge is 2.02. The summed E-state index contributed by atoms with van der Waals surface area (Å²) in [6, 6.07) is 12.2. The second-order valence-electron chi connectivity index (χ2n) is 4.77. The molecule has 0 saturated carbocycles. The van der Waals surface area contributed by atoms with Crippen LogP contribution in [0.2, 0.25) is 0 Å². The van der Waals surface area contributed by atoms with Gasteiger partial charge < -0.3 is 9.47 Å². The smallest absolute Gasteiger partial charge is 0.122 e. The Kier molecular flexibility index (Phi) is 4.46. The second-order valence-corrected chi connectivity index (χ2v) is 4.77. The molecule has 0 fully saturated rings. The molecule has 2 aromatic rings. The molecular formula is C18H20O2. The minimum absolute atomic E-state index is 0.870. The van der Waals surface area contributed by atoms with Crippen LogP contribution in [0.3, 0.4) is 0 Å². The Bertz CT molecular complexity index is 610. The van der Waals surface area contributed by atoms with Gasteiger partial charge in [0.15, 0.2) is 0 Å². The van der Waals surface area contributed by atoms with Crippen LogP contribution in [0.4, 0.5) is 0 Å². The molecule has 0 aliphatic heterocycles. The van der Waals surface area contributed by atoms with Crippen LogP contribution < -0.4 is 9.47 Å². The molecule has 0 bridgehead atoms. The van der Waals surface area contributed by atoms with Crippen LogP contribution in [-0.4, -0.2) is 14.2 Å². The first kappa shape index (κ1) is 14.2. The molecule has 2 heteroatoms. The molecule has 0 N–H and O–H groups in total. The monoisotopic (exact) mass is 268 g/mol. The molecular weight excluding hydrogens is 248 g/mol. The number of ether oxygens (including phenoxy) is 2. The summed E-state index contributed by atoms with van der Waals surface area (Å²) >= 11 is 0. The Morgan fingerprint density at radius 1 is 0.800 bits per heavy atom. The van der Waals surface area contributed by atoms with E-state index in [-0.39, 0.29) is 0 Å². The maximum atomic E-state index is 5.40. The zero-order valence-electron chi connectivity index (χ0n) is 12.4. The molecule has 0 unspecified atom stereocenters. The van der Waals surface area contributed by atoms with E-state index in [1.54, 1.807) is 14.2 Å². The molecule has 0 radical (unpaired) electrons. The number of benzene rings is 2. The molecule has 2 rings (SSSR count). The average molecular weight is 268 g/mol. The van der Waals surface area contributed by atoms with E-state index in [2.05, 4.69) is 38.1 Å². The maximum Gasteiger partial charge on any atom is 0.122 e.